The summed E-state index contributed by atoms with van der Waals surface area (Å²) >= 11 is 0. The highest BCUT2D eigenvalue weighted by Crippen LogP contribution is 2.37. The van der Waals surface area contributed by atoms with Gasteiger partial charge in [-0.05, 0) is 54.6 Å². The van der Waals surface area contributed by atoms with Crippen LogP contribution in [0, 0.1) is 5.92 Å². The molecule has 0 aromatic heterocycles. The van der Waals surface area contributed by atoms with E-state index in [2.05, 4.69) is 49.8 Å². The molecule has 1 rings (SSSR count). The van der Waals surface area contributed by atoms with Crippen LogP contribution in [0.15, 0.2) is 24.3 Å². The molecule has 0 bridgehead atoms. The number of urea groups is 1. The number of amides is 5. The first-order valence-corrected chi connectivity index (χ1v) is 15.3. The molecule has 11 nitrogen and oxygen atoms in total. The summed E-state index contributed by atoms with van der Waals surface area (Å²) in [7, 11) is -1.89. The maximum absolute atomic E-state index is 13.1. The molecule has 12 heteroatoms. The molecular weight excluding hydrogens is 494 g/mol. The van der Waals surface area contributed by atoms with Crippen LogP contribution in [0.4, 0.5) is 15.3 Å². The van der Waals surface area contributed by atoms with Crippen LogP contribution in [0.25, 0.3) is 0 Å². The van der Waals surface area contributed by atoms with Gasteiger partial charge in [0, 0.05) is 12.2 Å². The van der Waals surface area contributed by atoms with Crippen molar-refractivity contribution in [2.75, 3.05) is 11.9 Å². The van der Waals surface area contributed by atoms with E-state index in [1.165, 1.54) is 0 Å². The van der Waals surface area contributed by atoms with E-state index >= 15 is 0 Å². The molecule has 0 heterocycles. The molecule has 0 aliphatic carbocycles. The Bertz CT molecular complexity index is 930. The molecule has 0 spiro atoms. The second-order valence-electron chi connectivity index (χ2n) is 10.8. The number of primary amides is 2. The zero-order chi connectivity index (χ0) is 28.4. The van der Waals surface area contributed by atoms with Crippen molar-refractivity contribution in [2.24, 2.45) is 17.4 Å². The van der Waals surface area contributed by atoms with Crippen LogP contribution in [0.2, 0.25) is 18.1 Å². The molecule has 208 valence electrons. The Morgan fingerprint density at radius 3 is 2.08 bits per heavy atom. The van der Waals surface area contributed by atoms with Crippen molar-refractivity contribution in [3.63, 3.8) is 0 Å². The average Bonchev–Trinajstić information content (AvgIpc) is 2.77. The van der Waals surface area contributed by atoms with Crippen LogP contribution in [0.3, 0.4) is 0 Å². The summed E-state index contributed by atoms with van der Waals surface area (Å²) in [5, 5.41) is 7.98. The molecule has 1 aromatic carbocycles. The molecule has 37 heavy (non-hydrogen) atoms. The largest absolute Gasteiger partial charge is 0.436 e. The fraction of sp³-hybridized carbons (Fsp3) is 0.600. The molecule has 0 unspecified atom stereocenters. The Morgan fingerprint density at radius 2 is 1.59 bits per heavy atom. The predicted octanol–water partition coefficient (Wildman–Crippen LogP) is 3.20. The molecule has 2 atom stereocenters. The van der Waals surface area contributed by atoms with E-state index in [0.717, 1.165) is 5.56 Å². The van der Waals surface area contributed by atoms with Gasteiger partial charge in [-0.2, -0.15) is 0 Å². The minimum atomic E-state index is -1.89. The van der Waals surface area contributed by atoms with Crippen molar-refractivity contribution in [1.82, 2.24) is 10.6 Å². The van der Waals surface area contributed by atoms with Crippen LogP contribution >= 0.6 is 0 Å². The molecule has 7 N–H and O–H groups in total. The van der Waals surface area contributed by atoms with Gasteiger partial charge in [-0.25, -0.2) is 9.59 Å². The van der Waals surface area contributed by atoms with Gasteiger partial charge in [0.25, 0.3) is 5.91 Å². The Hall–Kier alpha value is -3.12. The summed E-state index contributed by atoms with van der Waals surface area (Å²) in [6, 6.07) is 5.65. The van der Waals surface area contributed by atoms with E-state index in [1.54, 1.807) is 26.0 Å². The number of rotatable bonds is 13. The summed E-state index contributed by atoms with van der Waals surface area (Å²) in [5.41, 5.74) is 11.7. The number of benzene rings is 1. The zero-order valence-corrected chi connectivity index (χ0v) is 24.0. The summed E-state index contributed by atoms with van der Waals surface area (Å²) < 4.78 is 11.2. The van der Waals surface area contributed by atoms with E-state index < -0.39 is 44.4 Å². The van der Waals surface area contributed by atoms with E-state index in [4.69, 9.17) is 20.6 Å². The molecule has 0 saturated carbocycles. The highest BCUT2D eigenvalue weighted by Gasteiger charge is 2.37. The molecule has 0 aliphatic rings. The fourth-order valence-corrected chi connectivity index (χ4v) is 4.01. The monoisotopic (exact) mass is 537 g/mol. The lowest BCUT2D eigenvalue weighted by Gasteiger charge is -2.36. The van der Waals surface area contributed by atoms with Gasteiger partial charge in [0.05, 0.1) is 6.61 Å². The maximum atomic E-state index is 13.1. The summed E-state index contributed by atoms with van der Waals surface area (Å²) in [6.45, 7) is 15.0. The van der Waals surface area contributed by atoms with Gasteiger partial charge in [-0.1, -0.05) is 46.8 Å². The fourth-order valence-electron chi connectivity index (χ4n) is 3.05. The van der Waals surface area contributed by atoms with Gasteiger partial charge < -0.3 is 36.6 Å². The van der Waals surface area contributed by atoms with Gasteiger partial charge in [0.15, 0.2) is 14.4 Å². The number of ether oxygens (including phenoxy) is 1. The lowest BCUT2D eigenvalue weighted by Crippen LogP contribution is -2.50. The first-order chi connectivity index (χ1) is 17.0. The van der Waals surface area contributed by atoms with Crippen molar-refractivity contribution in [2.45, 2.75) is 84.3 Å². The quantitative estimate of drug-likeness (QED) is 0.191. The Labute approximate surface area is 220 Å². The second kappa shape index (κ2) is 14.0. The highest BCUT2D eigenvalue weighted by atomic mass is 28.4. The zero-order valence-electron chi connectivity index (χ0n) is 23.0. The number of nitrogens with two attached hydrogens (primary N) is 2. The summed E-state index contributed by atoms with van der Waals surface area (Å²) in [6.07, 6.45) is -1.67. The smallest absolute Gasteiger partial charge is 0.405 e. The Kier molecular flexibility index (Phi) is 12.1. The first-order valence-electron chi connectivity index (χ1n) is 12.4. The standard InChI is InChI=1S/C25H43N5O6Si/c1-16(2)20(36-24(27)34)22(32)30-19(9-8-14-28-23(26)33)21(31)29-18-12-10-17(11-13-18)15-35-37(6,7)25(3,4)5/h10-13,16,19-20H,8-9,14-15H2,1-7H3,(H2,27,34)(H,29,31)(H,30,32)(H3,26,28,33)/t19-,20-/m0/s1. The molecule has 0 fully saturated rings. The van der Waals surface area contributed by atoms with Crippen molar-refractivity contribution in [3.8, 4) is 0 Å². The van der Waals surface area contributed by atoms with E-state index in [1.807, 2.05) is 12.1 Å². The summed E-state index contributed by atoms with van der Waals surface area (Å²) in [4.78, 5) is 48.0. The van der Waals surface area contributed by atoms with E-state index in [9.17, 15) is 19.2 Å². The Balaban J connectivity index is 2.90. The van der Waals surface area contributed by atoms with Crippen LogP contribution in [-0.2, 0) is 25.4 Å². The number of carbonyl (C=O) groups excluding carboxylic acids is 4. The summed E-state index contributed by atoms with van der Waals surface area (Å²) in [5.74, 6) is -1.47. The van der Waals surface area contributed by atoms with Gasteiger partial charge in [0.1, 0.15) is 6.04 Å². The number of carbonyl (C=O) groups is 4. The minimum absolute atomic E-state index is 0.102. The second-order valence-corrected chi connectivity index (χ2v) is 15.6. The van der Waals surface area contributed by atoms with Gasteiger partial charge in [-0.15, -0.1) is 0 Å². The molecule has 0 saturated heterocycles. The number of anilines is 1. The van der Waals surface area contributed by atoms with Crippen molar-refractivity contribution < 1.29 is 28.3 Å². The van der Waals surface area contributed by atoms with Crippen LogP contribution in [0.1, 0.15) is 53.0 Å². The molecule has 0 radical (unpaired) electrons. The third kappa shape index (κ3) is 11.2. The number of hydrogen-bond acceptors (Lipinski definition) is 6. The highest BCUT2D eigenvalue weighted by molar-refractivity contribution is 6.74. The Morgan fingerprint density at radius 1 is 1.00 bits per heavy atom. The van der Waals surface area contributed by atoms with Crippen LogP contribution < -0.4 is 27.4 Å². The lowest BCUT2D eigenvalue weighted by molar-refractivity contribution is -0.134. The minimum Gasteiger partial charge on any atom is -0.436 e. The van der Waals surface area contributed by atoms with Gasteiger partial charge >= 0.3 is 12.1 Å². The number of hydrogen-bond donors (Lipinski definition) is 5. The molecule has 0 aliphatic heterocycles. The topological polar surface area (TPSA) is 175 Å². The maximum Gasteiger partial charge on any atom is 0.405 e. The average molecular weight is 538 g/mol. The van der Waals surface area contributed by atoms with Crippen molar-refractivity contribution in [1.29, 1.82) is 0 Å². The van der Waals surface area contributed by atoms with E-state index in [-0.39, 0.29) is 23.9 Å². The molecule has 1 aromatic rings. The van der Waals surface area contributed by atoms with E-state index in [0.29, 0.717) is 18.7 Å². The molecule has 5 amide bonds. The van der Waals surface area contributed by atoms with Gasteiger partial charge in [0.2, 0.25) is 5.91 Å². The lowest BCUT2D eigenvalue weighted by atomic mass is 10.0. The normalized spacial score (nSPS) is 13.4. The van der Waals surface area contributed by atoms with Crippen molar-refractivity contribution >= 4 is 37.9 Å². The molecular formula is C25H43N5O6Si. The number of nitrogens with one attached hydrogen (secondary N) is 3. The third-order valence-electron chi connectivity index (χ3n) is 6.34. The van der Waals surface area contributed by atoms with Crippen molar-refractivity contribution in [3.05, 3.63) is 29.8 Å². The predicted molar refractivity (Wildman–Crippen MR) is 145 cm³/mol. The van der Waals surface area contributed by atoms with Gasteiger partial charge in [-0.3, -0.25) is 9.59 Å². The SMILES string of the molecule is CC(C)[C@H](OC(N)=O)C(=O)N[C@@H](CCCNC(N)=O)C(=O)Nc1ccc(CO[Si](C)(C)C(C)(C)C)cc1. The first kappa shape index (κ1) is 31.9. The third-order valence-corrected chi connectivity index (χ3v) is 10.8. The van der Waals surface area contributed by atoms with Crippen LogP contribution in [-0.4, -0.2) is 50.9 Å². The van der Waals surface area contributed by atoms with Crippen LogP contribution in [0.5, 0.6) is 0 Å².